The summed E-state index contributed by atoms with van der Waals surface area (Å²) in [5.41, 5.74) is 8.64. The van der Waals surface area contributed by atoms with Crippen molar-refractivity contribution >= 4 is 55.0 Å². The Labute approximate surface area is 126 Å². The van der Waals surface area contributed by atoms with Crippen LogP contribution in [-0.4, -0.2) is 19.9 Å². The summed E-state index contributed by atoms with van der Waals surface area (Å²) in [5, 5.41) is 2.14. The Hall–Kier alpha value is -1.31. The van der Waals surface area contributed by atoms with Crippen molar-refractivity contribution in [1.29, 1.82) is 0 Å². The molecule has 5 nitrogen and oxygen atoms in total. The van der Waals surface area contributed by atoms with Crippen molar-refractivity contribution in [3.63, 3.8) is 0 Å². The average Bonchev–Trinajstić information content (AvgIpc) is 2.71. The van der Waals surface area contributed by atoms with E-state index < -0.39 is 0 Å². The summed E-state index contributed by atoms with van der Waals surface area (Å²) in [7, 11) is 0. The Balaban J connectivity index is 2.35. The van der Waals surface area contributed by atoms with Gasteiger partial charge in [0.05, 0.1) is 20.6 Å². The molecule has 0 atom stereocenters. The smallest absolute Gasteiger partial charge is 0.223 e. The van der Waals surface area contributed by atoms with Crippen LogP contribution in [0.25, 0.3) is 21.5 Å². The molecule has 0 aliphatic carbocycles. The predicted molar refractivity (Wildman–Crippen MR) is 80.3 cm³/mol. The van der Waals surface area contributed by atoms with E-state index in [4.69, 9.17) is 17.3 Å². The summed E-state index contributed by atoms with van der Waals surface area (Å²) in [6, 6.07) is 0. The minimum absolute atomic E-state index is 0.192. The molecule has 2 N–H and O–H groups in total. The molecule has 0 aliphatic heterocycles. The van der Waals surface area contributed by atoms with Crippen molar-refractivity contribution in [1.82, 2.24) is 19.9 Å². The molecular weight excluding hydrogens is 350 g/mol. The van der Waals surface area contributed by atoms with Crippen molar-refractivity contribution in [2.24, 2.45) is 0 Å². The third kappa shape index (κ3) is 2.18. The van der Waals surface area contributed by atoms with Gasteiger partial charge in [-0.1, -0.05) is 0 Å². The number of rotatable bonds is 1. The second-order valence-corrected chi connectivity index (χ2v) is 5.90. The maximum absolute atomic E-state index is 5.98. The number of fused-ring (bicyclic) bond motifs is 1. The van der Waals surface area contributed by atoms with E-state index in [0.717, 1.165) is 31.6 Å². The Morgan fingerprint density at radius 1 is 1.32 bits per heavy atom. The summed E-state index contributed by atoms with van der Waals surface area (Å²) in [6.07, 6.45) is 1.66. The number of halogens is 2. The summed E-state index contributed by atoms with van der Waals surface area (Å²) >= 11 is 11.0. The molecule has 8 heteroatoms. The third-order valence-corrected chi connectivity index (χ3v) is 4.65. The first kappa shape index (κ1) is 12.7. The van der Waals surface area contributed by atoms with Crippen molar-refractivity contribution in [2.45, 2.75) is 6.92 Å². The number of aromatic nitrogens is 4. The molecule has 0 aliphatic rings. The number of hydrogen-bond acceptors (Lipinski definition) is 6. The lowest BCUT2D eigenvalue weighted by Gasteiger charge is -2.06. The topological polar surface area (TPSA) is 77.6 Å². The molecule has 0 amide bonds. The number of hydrogen-bond donors (Lipinski definition) is 1. The van der Waals surface area contributed by atoms with E-state index in [-0.39, 0.29) is 11.2 Å². The largest absolute Gasteiger partial charge is 0.368 e. The van der Waals surface area contributed by atoms with Crippen LogP contribution in [0.3, 0.4) is 0 Å². The molecule has 0 saturated heterocycles. The van der Waals surface area contributed by atoms with Crippen molar-refractivity contribution in [3.05, 3.63) is 27.0 Å². The molecular formula is C11H7BrClN5S. The number of aryl methyl sites for hydroxylation is 1. The van der Waals surface area contributed by atoms with Crippen molar-refractivity contribution in [3.8, 4) is 11.3 Å². The lowest BCUT2D eigenvalue weighted by atomic mass is 10.1. The van der Waals surface area contributed by atoms with Crippen LogP contribution in [-0.2, 0) is 0 Å². The molecule has 19 heavy (non-hydrogen) atoms. The number of nitrogens with zero attached hydrogens (tertiary/aromatic N) is 4. The van der Waals surface area contributed by atoms with Gasteiger partial charge in [-0.2, -0.15) is 0 Å². The fourth-order valence-electron chi connectivity index (χ4n) is 1.76. The van der Waals surface area contributed by atoms with Crippen LogP contribution in [0.4, 0.5) is 5.95 Å². The maximum atomic E-state index is 5.98. The van der Waals surface area contributed by atoms with Crippen LogP contribution in [0.1, 0.15) is 5.69 Å². The first-order chi connectivity index (χ1) is 9.06. The van der Waals surface area contributed by atoms with E-state index in [9.17, 15) is 0 Å². The van der Waals surface area contributed by atoms with Gasteiger partial charge in [0.25, 0.3) is 0 Å². The van der Waals surface area contributed by atoms with Gasteiger partial charge >= 0.3 is 0 Å². The maximum Gasteiger partial charge on any atom is 0.223 e. The van der Waals surface area contributed by atoms with Gasteiger partial charge in [0.2, 0.25) is 11.2 Å². The molecule has 0 unspecified atom stereocenters. The zero-order chi connectivity index (χ0) is 13.6. The number of nitrogen functional groups attached to an aromatic ring is 1. The van der Waals surface area contributed by atoms with E-state index in [2.05, 4.69) is 35.9 Å². The standard InChI is InChI=1S/C11H7BrClN5S/c1-4-5(2-15-11(14)16-4)7-9-8(6(12)3-19-9)18-10(13)17-7/h2-3H,1H3,(H2,14,15,16). The minimum Gasteiger partial charge on any atom is -0.368 e. The van der Waals surface area contributed by atoms with Crippen LogP contribution in [0, 0.1) is 6.92 Å². The predicted octanol–water partition coefficient (Wildman–Crippen LogP) is 3.45. The first-order valence-electron chi connectivity index (χ1n) is 5.26. The molecule has 3 heterocycles. The second-order valence-electron chi connectivity index (χ2n) is 3.83. The molecule has 0 fully saturated rings. The summed E-state index contributed by atoms with van der Waals surface area (Å²) < 4.78 is 1.83. The SMILES string of the molecule is Cc1nc(N)ncc1-c1nc(Cl)nc2c(Br)csc12. The van der Waals surface area contributed by atoms with Crippen LogP contribution in [0.5, 0.6) is 0 Å². The fourth-order valence-corrected chi connectivity index (χ4v) is 3.50. The van der Waals surface area contributed by atoms with Gasteiger partial charge in [0, 0.05) is 17.1 Å². The first-order valence-corrected chi connectivity index (χ1v) is 7.31. The average molecular weight is 357 g/mol. The highest BCUT2D eigenvalue weighted by Crippen LogP contribution is 2.36. The Morgan fingerprint density at radius 3 is 2.84 bits per heavy atom. The van der Waals surface area contributed by atoms with Gasteiger partial charge in [-0.15, -0.1) is 11.3 Å². The fraction of sp³-hybridized carbons (Fsp3) is 0.0909. The molecule has 0 aromatic carbocycles. The number of thiophene rings is 1. The van der Waals surface area contributed by atoms with Gasteiger partial charge in [-0.25, -0.2) is 19.9 Å². The Morgan fingerprint density at radius 2 is 2.11 bits per heavy atom. The van der Waals surface area contributed by atoms with Crippen LogP contribution in [0.15, 0.2) is 16.0 Å². The van der Waals surface area contributed by atoms with Gasteiger partial charge in [-0.3, -0.25) is 0 Å². The Kier molecular flexibility index (Phi) is 3.12. The van der Waals surface area contributed by atoms with E-state index >= 15 is 0 Å². The van der Waals surface area contributed by atoms with Gasteiger partial charge in [0.15, 0.2) is 0 Å². The molecule has 3 rings (SSSR count). The van der Waals surface area contributed by atoms with Crippen molar-refractivity contribution in [2.75, 3.05) is 5.73 Å². The zero-order valence-corrected chi connectivity index (χ0v) is 12.8. The van der Waals surface area contributed by atoms with E-state index in [1.54, 1.807) is 6.20 Å². The molecule has 3 aromatic heterocycles. The summed E-state index contributed by atoms with van der Waals surface area (Å²) in [6.45, 7) is 1.86. The van der Waals surface area contributed by atoms with E-state index in [1.807, 2.05) is 12.3 Å². The highest BCUT2D eigenvalue weighted by molar-refractivity contribution is 9.10. The number of anilines is 1. The lowest BCUT2D eigenvalue weighted by molar-refractivity contribution is 1.11. The highest BCUT2D eigenvalue weighted by Gasteiger charge is 2.15. The lowest BCUT2D eigenvalue weighted by Crippen LogP contribution is -1.99. The second kappa shape index (κ2) is 4.66. The molecule has 0 bridgehead atoms. The quantitative estimate of drug-likeness (QED) is 0.676. The number of nitrogens with two attached hydrogens (primary N) is 1. The van der Waals surface area contributed by atoms with Crippen LogP contribution >= 0.6 is 38.9 Å². The Bertz CT molecular complexity index is 788. The van der Waals surface area contributed by atoms with Gasteiger partial charge in [-0.05, 0) is 34.5 Å². The van der Waals surface area contributed by atoms with Crippen LogP contribution in [0.2, 0.25) is 5.28 Å². The normalized spacial score (nSPS) is 11.1. The minimum atomic E-state index is 0.192. The van der Waals surface area contributed by atoms with Crippen LogP contribution < -0.4 is 5.73 Å². The molecule has 96 valence electrons. The summed E-state index contributed by atoms with van der Waals surface area (Å²) in [4.78, 5) is 16.7. The third-order valence-electron chi connectivity index (χ3n) is 2.60. The molecule has 3 aromatic rings. The summed E-state index contributed by atoms with van der Waals surface area (Å²) in [5.74, 6) is 0.241. The van der Waals surface area contributed by atoms with E-state index in [0.29, 0.717) is 0 Å². The van der Waals surface area contributed by atoms with Crippen molar-refractivity contribution < 1.29 is 0 Å². The zero-order valence-electron chi connectivity index (χ0n) is 9.69. The molecule has 0 spiro atoms. The van der Waals surface area contributed by atoms with Gasteiger partial charge in [0.1, 0.15) is 5.52 Å². The van der Waals surface area contributed by atoms with E-state index in [1.165, 1.54) is 11.3 Å². The highest BCUT2D eigenvalue weighted by atomic mass is 79.9. The monoisotopic (exact) mass is 355 g/mol. The van der Waals surface area contributed by atoms with Gasteiger partial charge < -0.3 is 5.73 Å². The molecule has 0 radical (unpaired) electrons. The molecule has 0 saturated carbocycles.